The molecule has 2 unspecified atom stereocenters. The lowest BCUT2D eigenvalue weighted by molar-refractivity contribution is 0.119. The number of hydrogen-bond donors (Lipinski definition) is 1. The second-order valence-electron chi connectivity index (χ2n) is 6.42. The van der Waals surface area contributed by atoms with E-state index in [9.17, 15) is 4.21 Å². The zero-order valence-electron chi connectivity index (χ0n) is 17.5. The molecule has 162 valence electrons. The maximum atomic E-state index is 12.3. The van der Waals surface area contributed by atoms with Crippen LogP contribution in [0.1, 0.15) is 36.2 Å². The number of thiazole rings is 1. The molecule has 6 nitrogen and oxygen atoms in total. The Labute approximate surface area is 197 Å². The van der Waals surface area contributed by atoms with Gasteiger partial charge in [0.15, 0.2) is 5.96 Å². The number of hydrogen-bond acceptors (Lipinski definition) is 5. The van der Waals surface area contributed by atoms with Crippen molar-refractivity contribution >= 4 is 52.1 Å². The first kappa shape index (κ1) is 26.0. The maximum Gasteiger partial charge on any atom is 0.194 e. The molecule has 1 aromatic heterocycles. The Morgan fingerprint density at radius 1 is 1.38 bits per heavy atom. The first-order valence-electron chi connectivity index (χ1n) is 9.39. The van der Waals surface area contributed by atoms with E-state index in [-0.39, 0.29) is 30.1 Å². The van der Waals surface area contributed by atoms with Crippen LogP contribution in [-0.2, 0) is 27.8 Å². The van der Waals surface area contributed by atoms with Crippen molar-refractivity contribution in [3.63, 3.8) is 0 Å². The third kappa shape index (κ3) is 9.10. The fourth-order valence-corrected chi connectivity index (χ4v) is 4.40. The molecule has 0 aliphatic rings. The number of methoxy groups -OCH3 is 1. The van der Waals surface area contributed by atoms with E-state index in [0.717, 1.165) is 28.8 Å². The predicted octanol–water partition coefficient (Wildman–Crippen LogP) is 3.81. The zero-order chi connectivity index (χ0) is 20.4. The molecular weight excluding hydrogens is 519 g/mol. The molecule has 2 rings (SSSR count). The summed E-state index contributed by atoms with van der Waals surface area (Å²) in [5.41, 5.74) is 2.09. The Hall–Kier alpha value is -1.04. The molecule has 2 atom stereocenters. The van der Waals surface area contributed by atoms with Gasteiger partial charge in [0, 0.05) is 48.4 Å². The fourth-order valence-electron chi connectivity index (χ4n) is 2.56. The summed E-state index contributed by atoms with van der Waals surface area (Å²) in [5, 5.41) is 6.33. The lowest BCUT2D eigenvalue weighted by Gasteiger charge is -2.21. The van der Waals surface area contributed by atoms with Gasteiger partial charge in [0.05, 0.1) is 18.8 Å². The van der Waals surface area contributed by atoms with E-state index >= 15 is 0 Å². The maximum absolute atomic E-state index is 12.3. The van der Waals surface area contributed by atoms with Crippen LogP contribution in [0.15, 0.2) is 40.7 Å². The SMILES string of the molecule is CCNC(=NCCS(=O)Cc1ccccc1)N(C)Cc1csc(C(C)OC)n1.I. The van der Waals surface area contributed by atoms with E-state index in [1.807, 2.05) is 56.1 Å². The van der Waals surface area contributed by atoms with Crippen LogP contribution in [0.4, 0.5) is 0 Å². The van der Waals surface area contributed by atoms with Crippen molar-refractivity contribution in [2.45, 2.75) is 32.2 Å². The van der Waals surface area contributed by atoms with E-state index < -0.39 is 10.8 Å². The molecule has 29 heavy (non-hydrogen) atoms. The number of benzene rings is 1. The molecule has 0 fully saturated rings. The van der Waals surface area contributed by atoms with Crippen molar-refractivity contribution in [2.24, 2.45) is 4.99 Å². The molecule has 2 aromatic rings. The summed E-state index contributed by atoms with van der Waals surface area (Å²) in [6, 6.07) is 9.92. The molecule has 0 saturated heterocycles. The summed E-state index contributed by atoms with van der Waals surface area (Å²) in [6.45, 7) is 5.99. The van der Waals surface area contributed by atoms with E-state index in [1.165, 1.54) is 0 Å². The Morgan fingerprint density at radius 2 is 2.10 bits per heavy atom. The highest BCUT2D eigenvalue weighted by Gasteiger charge is 2.12. The van der Waals surface area contributed by atoms with Crippen LogP contribution < -0.4 is 5.32 Å². The number of nitrogens with one attached hydrogen (secondary N) is 1. The molecule has 0 radical (unpaired) electrons. The van der Waals surface area contributed by atoms with E-state index in [2.05, 4.69) is 20.7 Å². The average molecular weight is 551 g/mol. The number of halogens is 1. The first-order chi connectivity index (χ1) is 13.5. The normalized spacial score (nSPS) is 13.4. The van der Waals surface area contributed by atoms with E-state index in [0.29, 0.717) is 24.6 Å². The summed E-state index contributed by atoms with van der Waals surface area (Å²) >= 11 is 1.61. The number of nitrogens with zero attached hydrogens (tertiary/aromatic N) is 3. The molecule has 0 aliphatic heterocycles. The van der Waals surface area contributed by atoms with Crippen LogP contribution in [0.2, 0.25) is 0 Å². The minimum Gasteiger partial charge on any atom is -0.375 e. The van der Waals surface area contributed by atoms with Gasteiger partial charge in [-0.3, -0.25) is 9.20 Å². The molecule has 0 aliphatic carbocycles. The number of guanidine groups is 1. The quantitative estimate of drug-likeness (QED) is 0.277. The molecule has 0 amide bonds. The highest BCUT2D eigenvalue weighted by molar-refractivity contribution is 14.0. The smallest absolute Gasteiger partial charge is 0.194 e. The molecule has 0 saturated carbocycles. The summed E-state index contributed by atoms with van der Waals surface area (Å²) in [6.07, 6.45) is 0.00514. The number of rotatable bonds is 10. The standard InChI is InChI=1S/C20H30N4O2S2.HI/c1-5-21-20(22-11-12-28(25)15-17-9-7-6-8-10-17)24(3)13-18-14-27-19(23-18)16(2)26-4;/h6-10,14,16H,5,11-13,15H2,1-4H3,(H,21,22);1H. The highest BCUT2D eigenvalue weighted by atomic mass is 127. The Balaban J connectivity index is 0.00000420. The summed E-state index contributed by atoms with van der Waals surface area (Å²) in [5.74, 6) is 1.92. The van der Waals surface area contributed by atoms with E-state index in [4.69, 9.17) is 4.74 Å². The van der Waals surface area contributed by atoms with Gasteiger partial charge in [-0.2, -0.15) is 0 Å². The Kier molecular flexibility index (Phi) is 12.6. The highest BCUT2D eigenvalue weighted by Crippen LogP contribution is 2.20. The van der Waals surface area contributed by atoms with Crippen LogP contribution in [0, 0.1) is 0 Å². The first-order valence-corrected chi connectivity index (χ1v) is 11.8. The minimum atomic E-state index is -0.924. The summed E-state index contributed by atoms with van der Waals surface area (Å²) in [7, 11) is 2.75. The molecule has 1 N–H and O–H groups in total. The molecule has 1 heterocycles. The molecule has 0 spiro atoms. The van der Waals surface area contributed by atoms with Crippen LogP contribution in [-0.4, -0.2) is 53.1 Å². The number of ether oxygens (including phenoxy) is 1. The van der Waals surface area contributed by atoms with Crippen molar-refractivity contribution < 1.29 is 8.95 Å². The van der Waals surface area contributed by atoms with Gasteiger partial charge in [-0.15, -0.1) is 35.3 Å². The second kappa shape index (κ2) is 14.1. The minimum absolute atomic E-state index is 0. The molecule has 0 bridgehead atoms. The zero-order valence-corrected chi connectivity index (χ0v) is 21.4. The van der Waals surface area contributed by atoms with Gasteiger partial charge in [0.25, 0.3) is 0 Å². The summed E-state index contributed by atoms with van der Waals surface area (Å²) in [4.78, 5) is 11.3. The lowest BCUT2D eigenvalue weighted by atomic mass is 10.2. The monoisotopic (exact) mass is 550 g/mol. The van der Waals surface area contributed by atoms with Crippen LogP contribution in [0.25, 0.3) is 0 Å². The number of aromatic nitrogens is 1. The lowest BCUT2D eigenvalue weighted by Crippen LogP contribution is -2.38. The third-order valence-corrected chi connectivity index (χ3v) is 6.47. The predicted molar refractivity (Wildman–Crippen MR) is 134 cm³/mol. The van der Waals surface area contributed by atoms with Gasteiger partial charge in [0.1, 0.15) is 11.1 Å². The van der Waals surface area contributed by atoms with Crippen molar-refractivity contribution in [2.75, 3.05) is 33.0 Å². The van der Waals surface area contributed by atoms with Crippen LogP contribution >= 0.6 is 35.3 Å². The van der Waals surface area contributed by atoms with Gasteiger partial charge in [-0.05, 0) is 19.4 Å². The number of aliphatic imine (C=N–C) groups is 1. The second-order valence-corrected chi connectivity index (χ2v) is 8.89. The van der Waals surface area contributed by atoms with E-state index in [1.54, 1.807) is 18.4 Å². The van der Waals surface area contributed by atoms with Gasteiger partial charge < -0.3 is 15.0 Å². The third-order valence-electron chi connectivity index (χ3n) is 4.12. The van der Waals surface area contributed by atoms with Gasteiger partial charge in [-0.1, -0.05) is 30.3 Å². The van der Waals surface area contributed by atoms with Crippen LogP contribution in [0.3, 0.4) is 0 Å². The van der Waals surface area contributed by atoms with Gasteiger partial charge in [0.2, 0.25) is 0 Å². The topological polar surface area (TPSA) is 66.8 Å². The van der Waals surface area contributed by atoms with Crippen molar-refractivity contribution in [3.05, 3.63) is 52.0 Å². The molecular formula is C20H31IN4O2S2. The summed E-state index contributed by atoms with van der Waals surface area (Å²) < 4.78 is 17.6. The molecule has 9 heteroatoms. The van der Waals surface area contributed by atoms with Gasteiger partial charge >= 0.3 is 0 Å². The fraction of sp³-hybridized carbons (Fsp3) is 0.500. The van der Waals surface area contributed by atoms with Gasteiger partial charge in [-0.25, -0.2) is 4.98 Å². The molecule has 1 aromatic carbocycles. The van der Waals surface area contributed by atoms with Crippen molar-refractivity contribution in [1.29, 1.82) is 0 Å². The van der Waals surface area contributed by atoms with Crippen molar-refractivity contribution in [3.8, 4) is 0 Å². The Bertz CT molecular complexity index is 771. The largest absolute Gasteiger partial charge is 0.375 e. The van der Waals surface area contributed by atoms with Crippen LogP contribution in [0.5, 0.6) is 0 Å². The average Bonchev–Trinajstić information content (AvgIpc) is 3.16. The Morgan fingerprint density at radius 3 is 2.76 bits per heavy atom. The van der Waals surface area contributed by atoms with Crippen molar-refractivity contribution in [1.82, 2.24) is 15.2 Å².